The topological polar surface area (TPSA) is 46.6 Å². The van der Waals surface area contributed by atoms with E-state index in [1.807, 2.05) is 30.3 Å². The van der Waals surface area contributed by atoms with Crippen molar-refractivity contribution in [2.45, 2.75) is 10.00 Å². The number of imide groups is 1. The largest absolute Gasteiger partial charge is 0.272 e. The van der Waals surface area contributed by atoms with Gasteiger partial charge in [0.15, 0.2) is 0 Å². The van der Waals surface area contributed by atoms with E-state index < -0.39 is 4.75 Å². The molecule has 0 aliphatic carbocycles. The van der Waals surface area contributed by atoms with Crippen LogP contribution < -0.4 is 0 Å². The van der Waals surface area contributed by atoms with Crippen LogP contribution in [0.2, 0.25) is 0 Å². The number of hydrogen-bond acceptors (Lipinski definition) is 4. The van der Waals surface area contributed by atoms with E-state index in [1.54, 1.807) is 11.8 Å². The molecule has 4 atom stereocenters. The van der Waals surface area contributed by atoms with E-state index in [4.69, 9.17) is 4.84 Å². The summed E-state index contributed by atoms with van der Waals surface area (Å²) in [5, 5.41) is 1.00. The molecule has 4 unspecified atom stereocenters. The van der Waals surface area contributed by atoms with Gasteiger partial charge in [-0.15, -0.1) is 11.8 Å². The quantitative estimate of drug-likeness (QED) is 0.614. The lowest BCUT2D eigenvalue weighted by Gasteiger charge is -2.29. The van der Waals surface area contributed by atoms with Crippen molar-refractivity contribution >= 4 is 23.6 Å². The Hall–Kier alpha value is -1.59. The first kappa shape index (κ1) is 12.2. The van der Waals surface area contributed by atoms with Crippen LogP contribution >= 0.6 is 11.8 Å². The molecule has 0 spiro atoms. The molecule has 5 heteroatoms. The highest BCUT2D eigenvalue weighted by molar-refractivity contribution is 8.01. The number of carbonyl (C=O) groups excluding carboxylic acids is 2. The number of carbonyl (C=O) groups is 2. The molecule has 2 saturated heterocycles. The van der Waals surface area contributed by atoms with Crippen molar-refractivity contribution in [3.8, 4) is 0 Å². The van der Waals surface area contributed by atoms with Crippen molar-refractivity contribution < 1.29 is 14.4 Å². The zero-order valence-electron chi connectivity index (χ0n) is 10.9. The van der Waals surface area contributed by atoms with Gasteiger partial charge in [-0.2, -0.15) is 5.06 Å². The number of nitrogens with zero attached hydrogens (tertiary/aromatic N) is 1. The minimum atomic E-state index is -0.420. The molecular formula is C15H13NO3S. The Balaban J connectivity index is 1.86. The Morgan fingerprint density at radius 2 is 1.95 bits per heavy atom. The van der Waals surface area contributed by atoms with Crippen molar-refractivity contribution in [1.29, 1.82) is 0 Å². The zero-order chi connectivity index (χ0) is 13.9. The van der Waals surface area contributed by atoms with Crippen LogP contribution in [0.4, 0.5) is 0 Å². The fraction of sp³-hybridized carbons (Fsp3) is 0.333. The summed E-state index contributed by atoms with van der Waals surface area (Å²) in [6.07, 6.45) is 4.15. The van der Waals surface area contributed by atoms with Crippen LogP contribution in [0.15, 0.2) is 42.5 Å². The van der Waals surface area contributed by atoms with Crippen molar-refractivity contribution in [3.05, 3.63) is 48.0 Å². The second-order valence-electron chi connectivity index (χ2n) is 5.26. The molecule has 4 rings (SSSR count). The average Bonchev–Trinajstić information content (AvgIpc) is 3.12. The summed E-state index contributed by atoms with van der Waals surface area (Å²) in [6, 6.07) is 9.93. The van der Waals surface area contributed by atoms with Crippen molar-refractivity contribution in [1.82, 2.24) is 5.06 Å². The van der Waals surface area contributed by atoms with E-state index >= 15 is 0 Å². The third kappa shape index (κ3) is 1.27. The molecule has 2 fully saturated rings. The van der Waals surface area contributed by atoms with Gasteiger partial charge < -0.3 is 0 Å². The van der Waals surface area contributed by atoms with Crippen LogP contribution in [0, 0.1) is 11.8 Å². The number of amides is 2. The molecule has 102 valence electrons. The number of rotatable bonds is 2. The van der Waals surface area contributed by atoms with Crippen molar-refractivity contribution in [2.75, 3.05) is 7.11 Å². The first-order valence-corrected chi connectivity index (χ1v) is 7.41. The SMILES string of the molecule is CON1C(=O)C2C3C=CC(c4ccccc4)(S3)C2C1=O. The second-order valence-corrected chi connectivity index (χ2v) is 6.71. The van der Waals surface area contributed by atoms with Gasteiger partial charge in [0.2, 0.25) is 0 Å². The summed E-state index contributed by atoms with van der Waals surface area (Å²) >= 11 is 1.71. The van der Waals surface area contributed by atoms with Crippen molar-refractivity contribution in [2.24, 2.45) is 11.8 Å². The highest BCUT2D eigenvalue weighted by Crippen LogP contribution is 2.64. The Kier molecular flexibility index (Phi) is 2.41. The molecule has 3 heterocycles. The zero-order valence-corrected chi connectivity index (χ0v) is 11.7. The number of fused-ring (bicyclic) bond motifs is 5. The predicted octanol–water partition coefficient (Wildman–Crippen LogP) is 1.73. The minimum Gasteiger partial charge on any atom is -0.272 e. The maximum atomic E-state index is 12.5. The first-order chi connectivity index (χ1) is 9.69. The Bertz CT molecular complexity index is 629. The summed E-state index contributed by atoms with van der Waals surface area (Å²) in [7, 11) is 1.37. The maximum absolute atomic E-state index is 12.5. The number of hydroxylamine groups is 2. The lowest BCUT2D eigenvalue weighted by atomic mass is 9.74. The van der Waals surface area contributed by atoms with Gasteiger partial charge in [-0.25, -0.2) is 0 Å². The monoisotopic (exact) mass is 287 g/mol. The molecule has 2 amide bonds. The van der Waals surface area contributed by atoms with E-state index in [9.17, 15) is 9.59 Å². The molecule has 0 N–H and O–H groups in total. The summed E-state index contributed by atoms with van der Waals surface area (Å²) < 4.78 is -0.420. The van der Waals surface area contributed by atoms with Crippen molar-refractivity contribution in [3.63, 3.8) is 0 Å². The normalized spacial score (nSPS) is 37.9. The Morgan fingerprint density at radius 3 is 2.65 bits per heavy atom. The first-order valence-electron chi connectivity index (χ1n) is 6.53. The lowest BCUT2D eigenvalue weighted by molar-refractivity contribution is -0.181. The minimum absolute atomic E-state index is 0.0665. The van der Waals surface area contributed by atoms with Crippen LogP contribution in [0.3, 0.4) is 0 Å². The standard InChI is InChI=1S/C15H13NO3S/c1-19-16-13(17)11-10-7-8-15(20-10,12(11)14(16)18)9-5-3-2-4-6-9/h2-8,10-12H,1H3. The highest BCUT2D eigenvalue weighted by atomic mass is 32.2. The van der Waals surface area contributed by atoms with E-state index in [1.165, 1.54) is 7.11 Å². The van der Waals surface area contributed by atoms with Crippen LogP contribution in [0.1, 0.15) is 5.56 Å². The van der Waals surface area contributed by atoms with Crippen LogP contribution in [0.25, 0.3) is 0 Å². The molecule has 20 heavy (non-hydrogen) atoms. The van der Waals surface area contributed by atoms with E-state index in [0.29, 0.717) is 0 Å². The molecule has 0 radical (unpaired) electrons. The average molecular weight is 287 g/mol. The third-order valence-electron chi connectivity index (χ3n) is 4.40. The second kappa shape index (κ2) is 3.96. The van der Waals surface area contributed by atoms with Gasteiger partial charge in [0, 0.05) is 5.25 Å². The smallest absolute Gasteiger partial charge is 0.259 e. The van der Waals surface area contributed by atoms with Gasteiger partial charge in [0.05, 0.1) is 23.7 Å². The van der Waals surface area contributed by atoms with Gasteiger partial charge >= 0.3 is 0 Å². The summed E-state index contributed by atoms with van der Waals surface area (Å²) in [6.45, 7) is 0. The van der Waals surface area contributed by atoms with Gasteiger partial charge in [-0.05, 0) is 5.56 Å². The fourth-order valence-corrected chi connectivity index (χ4v) is 5.43. The lowest BCUT2D eigenvalue weighted by Crippen LogP contribution is -2.36. The molecule has 1 aromatic carbocycles. The summed E-state index contributed by atoms with van der Waals surface area (Å²) in [5.74, 6) is -1.07. The van der Waals surface area contributed by atoms with Gasteiger partial charge in [0.25, 0.3) is 11.8 Å². The molecular weight excluding hydrogens is 274 g/mol. The summed E-state index contributed by atoms with van der Waals surface area (Å²) in [5.41, 5.74) is 1.08. The van der Waals surface area contributed by atoms with Gasteiger partial charge in [-0.3, -0.25) is 14.4 Å². The van der Waals surface area contributed by atoms with Crippen LogP contribution in [-0.2, 0) is 19.2 Å². The number of benzene rings is 1. The van der Waals surface area contributed by atoms with Crippen LogP contribution in [-0.4, -0.2) is 29.2 Å². The molecule has 3 aliphatic heterocycles. The third-order valence-corrected chi connectivity index (χ3v) is 6.14. The van der Waals surface area contributed by atoms with E-state index in [-0.39, 0.29) is 28.9 Å². The van der Waals surface area contributed by atoms with Crippen LogP contribution in [0.5, 0.6) is 0 Å². The fourth-order valence-electron chi connectivity index (χ4n) is 3.58. The number of hydrogen-bond donors (Lipinski definition) is 0. The molecule has 0 aromatic heterocycles. The molecule has 2 bridgehead atoms. The predicted molar refractivity (Wildman–Crippen MR) is 74.5 cm³/mol. The van der Waals surface area contributed by atoms with Gasteiger partial charge in [-0.1, -0.05) is 42.5 Å². The maximum Gasteiger partial charge on any atom is 0.259 e. The Morgan fingerprint density at radius 1 is 1.20 bits per heavy atom. The van der Waals surface area contributed by atoms with Gasteiger partial charge in [0.1, 0.15) is 0 Å². The van der Waals surface area contributed by atoms with E-state index in [0.717, 1.165) is 10.6 Å². The Labute approximate surface area is 120 Å². The molecule has 0 saturated carbocycles. The highest BCUT2D eigenvalue weighted by Gasteiger charge is 2.67. The molecule has 3 aliphatic rings. The molecule has 1 aromatic rings. The molecule has 4 nitrogen and oxygen atoms in total. The van der Waals surface area contributed by atoms with E-state index in [2.05, 4.69) is 12.2 Å². The summed E-state index contributed by atoms with van der Waals surface area (Å²) in [4.78, 5) is 29.8. The number of thioether (sulfide) groups is 1.